The van der Waals surface area contributed by atoms with Crippen LogP contribution in [-0.4, -0.2) is 79.1 Å². The summed E-state index contributed by atoms with van der Waals surface area (Å²) in [7, 11) is 2.19. The maximum Gasteiger partial charge on any atom is 0.246 e. The van der Waals surface area contributed by atoms with Gasteiger partial charge in [0.15, 0.2) is 0 Å². The van der Waals surface area contributed by atoms with Crippen molar-refractivity contribution in [2.45, 2.75) is 45.3 Å². The Morgan fingerprint density at radius 3 is 2.68 bits per heavy atom. The van der Waals surface area contributed by atoms with Crippen molar-refractivity contribution in [1.82, 2.24) is 14.7 Å². The molecule has 3 rings (SSSR count). The van der Waals surface area contributed by atoms with E-state index in [0.29, 0.717) is 6.04 Å². The lowest BCUT2D eigenvalue weighted by atomic mass is 10.1. The molecule has 5 heteroatoms. The SMILES string of the molecule is CC(C)Oc1cccc(/C=C/C(=O)N2CCCCC(N3CCN(C)CC3)C2)c1. The number of nitrogens with zero attached hydrogens (tertiary/aromatic N) is 3. The molecule has 1 aromatic carbocycles. The molecule has 0 aromatic heterocycles. The molecule has 0 N–H and O–H groups in total. The van der Waals surface area contributed by atoms with Gasteiger partial charge in [0.2, 0.25) is 5.91 Å². The van der Waals surface area contributed by atoms with Crippen LogP contribution in [-0.2, 0) is 4.79 Å². The monoisotopic (exact) mass is 385 g/mol. The van der Waals surface area contributed by atoms with E-state index < -0.39 is 0 Å². The highest BCUT2D eigenvalue weighted by Crippen LogP contribution is 2.19. The lowest BCUT2D eigenvalue weighted by molar-refractivity contribution is -0.126. The number of amides is 1. The molecule has 2 saturated heterocycles. The van der Waals surface area contributed by atoms with Crippen LogP contribution in [0.25, 0.3) is 6.08 Å². The molecule has 1 aromatic rings. The molecule has 0 bridgehead atoms. The molecule has 0 saturated carbocycles. The molecule has 0 spiro atoms. The Morgan fingerprint density at radius 1 is 1.14 bits per heavy atom. The van der Waals surface area contributed by atoms with Gasteiger partial charge in [-0.05, 0) is 57.5 Å². The fraction of sp³-hybridized carbons (Fsp3) is 0.609. The lowest BCUT2D eigenvalue weighted by Crippen LogP contribution is -2.52. The van der Waals surface area contributed by atoms with E-state index in [1.165, 1.54) is 12.8 Å². The van der Waals surface area contributed by atoms with Crippen molar-refractivity contribution in [2.75, 3.05) is 46.3 Å². The Bertz CT molecular complexity index is 666. The largest absolute Gasteiger partial charge is 0.491 e. The van der Waals surface area contributed by atoms with Gasteiger partial charge >= 0.3 is 0 Å². The highest BCUT2D eigenvalue weighted by Gasteiger charge is 2.27. The molecule has 0 radical (unpaired) electrons. The minimum Gasteiger partial charge on any atom is -0.491 e. The maximum absolute atomic E-state index is 12.8. The van der Waals surface area contributed by atoms with Crippen LogP contribution in [0.3, 0.4) is 0 Å². The summed E-state index contributed by atoms with van der Waals surface area (Å²) in [4.78, 5) is 19.9. The number of piperazine rings is 1. The highest BCUT2D eigenvalue weighted by molar-refractivity contribution is 5.91. The van der Waals surface area contributed by atoms with Crippen LogP contribution >= 0.6 is 0 Å². The fourth-order valence-electron chi connectivity index (χ4n) is 4.04. The second kappa shape index (κ2) is 10.1. The van der Waals surface area contributed by atoms with Crippen molar-refractivity contribution in [1.29, 1.82) is 0 Å². The number of carbonyl (C=O) groups is 1. The van der Waals surface area contributed by atoms with Crippen molar-refractivity contribution in [3.05, 3.63) is 35.9 Å². The van der Waals surface area contributed by atoms with E-state index in [0.717, 1.165) is 57.0 Å². The molecule has 2 aliphatic heterocycles. The summed E-state index contributed by atoms with van der Waals surface area (Å²) in [5, 5.41) is 0. The summed E-state index contributed by atoms with van der Waals surface area (Å²) in [6.07, 6.45) is 7.28. The lowest BCUT2D eigenvalue weighted by Gasteiger charge is -2.39. The van der Waals surface area contributed by atoms with Crippen molar-refractivity contribution in [3.8, 4) is 5.75 Å². The van der Waals surface area contributed by atoms with E-state index in [1.54, 1.807) is 6.08 Å². The first-order valence-corrected chi connectivity index (χ1v) is 10.7. The van der Waals surface area contributed by atoms with Gasteiger partial charge in [0.25, 0.3) is 0 Å². The predicted molar refractivity (Wildman–Crippen MR) is 115 cm³/mol. The molecule has 1 atom stereocenters. The Balaban J connectivity index is 1.60. The molecule has 5 nitrogen and oxygen atoms in total. The molecule has 2 aliphatic rings. The van der Waals surface area contributed by atoms with E-state index >= 15 is 0 Å². The second-order valence-corrected chi connectivity index (χ2v) is 8.35. The second-order valence-electron chi connectivity index (χ2n) is 8.35. The molecule has 2 fully saturated rings. The number of ether oxygens (including phenoxy) is 1. The van der Waals surface area contributed by atoms with E-state index in [1.807, 2.05) is 49.1 Å². The Hall–Kier alpha value is -1.85. The van der Waals surface area contributed by atoms with Gasteiger partial charge in [-0.25, -0.2) is 0 Å². The standard InChI is InChI=1S/C23H35N3O2/c1-19(2)28-22-9-6-7-20(17-22)10-11-23(27)26-12-5-4-8-21(18-26)25-15-13-24(3)14-16-25/h6-7,9-11,17,19,21H,4-5,8,12-16,18H2,1-3H3/b11-10+. The fourth-order valence-corrected chi connectivity index (χ4v) is 4.04. The first-order chi connectivity index (χ1) is 13.5. The van der Waals surface area contributed by atoms with Crippen molar-refractivity contribution in [2.24, 2.45) is 0 Å². The zero-order valence-corrected chi connectivity index (χ0v) is 17.6. The summed E-state index contributed by atoms with van der Waals surface area (Å²) >= 11 is 0. The molecule has 0 aliphatic carbocycles. The maximum atomic E-state index is 12.8. The number of hydrogen-bond acceptors (Lipinski definition) is 4. The van der Waals surface area contributed by atoms with Gasteiger partial charge in [-0.15, -0.1) is 0 Å². The van der Waals surface area contributed by atoms with Crippen LogP contribution in [0, 0.1) is 0 Å². The minimum atomic E-state index is 0.121. The number of likely N-dealkylation sites (tertiary alicyclic amines) is 1. The molecule has 154 valence electrons. The third-order valence-electron chi connectivity index (χ3n) is 5.66. The predicted octanol–water partition coefficient (Wildman–Crippen LogP) is 3.12. The Labute approximate surface area is 169 Å². The summed E-state index contributed by atoms with van der Waals surface area (Å²) in [6, 6.07) is 8.41. The van der Waals surface area contributed by atoms with Gasteiger partial charge in [0.1, 0.15) is 5.75 Å². The summed E-state index contributed by atoms with van der Waals surface area (Å²) in [5.74, 6) is 0.964. The Kier molecular flexibility index (Phi) is 7.51. The van der Waals surface area contributed by atoms with Crippen LogP contribution in [0.15, 0.2) is 30.3 Å². The minimum absolute atomic E-state index is 0.121. The van der Waals surface area contributed by atoms with E-state index in [4.69, 9.17) is 4.74 Å². The quantitative estimate of drug-likeness (QED) is 0.730. The molecular weight excluding hydrogens is 350 g/mol. The highest BCUT2D eigenvalue weighted by atomic mass is 16.5. The van der Waals surface area contributed by atoms with Gasteiger partial charge in [-0.2, -0.15) is 0 Å². The molecule has 1 amide bonds. The van der Waals surface area contributed by atoms with Gasteiger partial charge in [-0.1, -0.05) is 18.6 Å². The summed E-state index contributed by atoms with van der Waals surface area (Å²) < 4.78 is 5.75. The third kappa shape index (κ3) is 6.08. The summed E-state index contributed by atoms with van der Waals surface area (Å²) in [5.41, 5.74) is 0.997. The molecule has 2 heterocycles. The van der Waals surface area contributed by atoms with Crippen molar-refractivity contribution in [3.63, 3.8) is 0 Å². The average Bonchev–Trinajstić information content (AvgIpc) is 2.93. The van der Waals surface area contributed by atoms with Crippen LogP contribution in [0.1, 0.15) is 38.7 Å². The van der Waals surface area contributed by atoms with E-state index in [-0.39, 0.29) is 12.0 Å². The molecule has 1 unspecified atom stereocenters. The number of likely N-dealkylation sites (N-methyl/N-ethyl adjacent to an activating group) is 1. The normalized spacial score (nSPS) is 22.6. The number of hydrogen-bond donors (Lipinski definition) is 0. The van der Waals surface area contributed by atoms with E-state index in [9.17, 15) is 4.79 Å². The molecular formula is C23H35N3O2. The van der Waals surface area contributed by atoms with Gasteiger partial charge in [0.05, 0.1) is 6.10 Å². The van der Waals surface area contributed by atoms with Gasteiger partial charge < -0.3 is 14.5 Å². The number of benzene rings is 1. The zero-order chi connectivity index (χ0) is 19.9. The van der Waals surface area contributed by atoms with Crippen LogP contribution in [0.2, 0.25) is 0 Å². The summed E-state index contributed by atoms with van der Waals surface area (Å²) in [6.45, 7) is 10.2. The first-order valence-electron chi connectivity index (χ1n) is 10.7. The van der Waals surface area contributed by atoms with Crippen molar-refractivity contribution < 1.29 is 9.53 Å². The number of carbonyl (C=O) groups excluding carboxylic acids is 1. The molecule has 28 heavy (non-hydrogen) atoms. The van der Waals surface area contributed by atoms with Crippen LogP contribution in [0.4, 0.5) is 0 Å². The smallest absolute Gasteiger partial charge is 0.246 e. The third-order valence-corrected chi connectivity index (χ3v) is 5.66. The van der Waals surface area contributed by atoms with Gasteiger partial charge in [0, 0.05) is 51.4 Å². The topological polar surface area (TPSA) is 36.0 Å². The van der Waals surface area contributed by atoms with Crippen molar-refractivity contribution >= 4 is 12.0 Å². The van der Waals surface area contributed by atoms with Crippen LogP contribution in [0.5, 0.6) is 5.75 Å². The zero-order valence-electron chi connectivity index (χ0n) is 17.6. The number of rotatable bonds is 5. The first kappa shape index (κ1) is 20.9. The van der Waals surface area contributed by atoms with Gasteiger partial charge in [-0.3, -0.25) is 9.69 Å². The van der Waals surface area contributed by atoms with E-state index in [2.05, 4.69) is 16.8 Å². The van der Waals surface area contributed by atoms with Crippen LogP contribution < -0.4 is 4.74 Å². The average molecular weight is 386 g/mol. The Morgan fingerprint density at radius 2 is 1.93 bits per heavy atom.